The van der Waals surface area contributed by atoms with E-state index in [0.717, 1.165) is 36.6 Å². The Morgan fingerprint density at radius 1 is 1.31 bits per heavy atom. The van der Waals surface area contributed by atoms with E-state index >= 15 is 0 Å². The van der Waals surface area contributed by atoms with Gasteiger partial charge in [0, 0.05) is 30.7 Å². The van der Waals surface area contributed by atoms with E-state index < -0.39 is 30.0 Å². The predicted octanol–water partition coefficient (Wildman–Crippen LogP) is 5.22. The second kappa shape index (κ2) is 14.1. The quantitative estimate of drug-likeness (QED) is 0.280. The molecule has 0 aliphatic carbocycles. The Balaban J connectivity index is 1.87. The van der Waals surface area contributed by atoms with Gasteiger partial charge >= 0.3 is 12.1 Å². The highest BCUT2D eigenvalue weighted by Gasteiger charge is 2.54. The van der Waals surface area contributed by atoms with E-state index in [0.29, 0.717) is 43.4 Å². The maximum absolute atomic E-state index is 12.7. The number of carbonyl (C=O) groups excluding carboxylic acids is 3. The highest BCUT2D eigenvalue weighted by atomic mass is 35.5. The SMILES string of the molecule is C/C1=C/C(=O)O[C@@H]2C[C@@H](CC[C@H](C)/C=C\C=C\CC1)O[C@](OC(=O)NCCCCl)([C@@H]1CSC(=O)N1)C2. The summed E-state index contributed by atoms with van der Waals surface area (Å²) in [6.45, 7) is 4.41. The smallest absolute Gasteiger partial charge is 0.409 e. The molecule has 8 nitrogen and oxygen atoms in total. The lowest BCUT2D eigenvalue weighted by Gasteiger charge is -2.46. The molecule has 10 heteroatoms. The molecular formula is C26H37ClN2O6S. The van der Waals surface area contributed by atoms with Crippen molar-refractivity contribution in [3.05, 3.63) is 36.0 Å². The second-order valence-corrected chi connectivity index (χ2v) is 11.0. The number of rotatable bonds is 5. The summed E-state index contributed by atoms with van der Waals surface area (Å²) in [6, 6.07) is -0.567. The lowest BCUT2D eigenvalue weighted by Crippen LogP contribution is -2.61. The van der Waals surface area contributed by atoms with E-state index in [1.54, 1.807) is 0 Å². The Hall–Kier alpha value is -1.97. The van der Waals surface area contributed by atoms with Gasteiger partial charge in [-0.2, -0.15) is 0 Å². The predicted molar refractivity (Wildman–Crippen MR) is 141 cm³/mol. The zero-order valence-electron chi connectivity index (χ0n) is 21.0. The summed E-state index contributed by atoms with van der Waals surface area (Å²) in [5.41, 5.74) is 0.929. The molecular weight excluding hydrogens is 504 g/mol. The minimum Gasteiger partial charge on any atom is -0.459 e. The molecule has 0 radical (unpaired) electrons. The van der Waals surface area contributed by atoms with Gasteiger partial charge in [0.05, 0.1) is 12.5 Å². The van der Waals surface area contributed by atoms with Crippen molar-refractivity contribution < 1.29 is 28.6 Å². The molecule has 2 saturated heterocycles. The van der Waals surface area contributed by atoms with Crippen molar-refractivity contribution in [1.29, 1.82) is 0 Å². The summed E-state index contributed by atoms with van der Waals surface area (Å²) < 4.78 is 18.3. The number of hydrogen-bond acceptors (Lipinski definition) is 7. The Bertz CT molecular complexity index is 878. The first-order valence-corrected chi connectivity index (χ1v) is 14.2. The largest absolute Gasteiger partial charge is 0.459 e. The topological polar surface area (TPSA) is 103 Å². The molecule has 3 aliphatic rings. The summed E-state index contributed by atoms with van der Waals surface area (Å²) in [4.78, 5) is 37.5. The molecule has 0 aromatic heterocycles. The third-order valence-electron chi connectivity index (χ3n) is 6.44. The zero-order valence-corrected chi connectivity index (χ0v) is 22.6. The summed E-state index contributed by atoms with van der Waals surface area (Å²) >= 11 is 6.84. The van der Waals surface area contributed by atoms with Gasteiger partial charge < -0.3 is 24.8 Å². The van der Waals surface area contributed by atoms with E-state index in [2.05, 4.69) is 35.8 Å². The lowest BCUT2D eigenvalue weighted by molar-refractivity contribution is -0.281. The number of carbonyl (C=O) groups is 3. The summed E-state index contributed by atoms with van der Waals surface area (Å²) in [5, 5.41) is 5.37. The number of alkyl halides is 1. The highest BCUT2D eigenvalue weighted by Crippen LogP contribution is 2.39. The Morgan fingerprint density at radius 2 is 2.14 bits per heavy atom. The minimum atomic E-state index is -1.45. The van der Waals surface area contributed by atoms with E-state index in [1.165, 1.54) is 6.08 Å². The van der Waals surface area contributed by atoms with Crippen LogP contribution in [0.15, 0.2) is 36.0 Å². The number of nitrogens with one attached hydrogen (secondary N) is 2. The molecule has 3 rings (SSSR count). The van der Waals surface area contributed by atoms with E-state index in [-0.39, 0.29) is 17.8 Å². The van der Waals surface area contributed by atoms with Gasteiger partial charge in [-0.25, -0.2) is 9.59 Å². The van der Waals surface area contributed by atoms with E-state index in [4.69, 9.17) is 25.8 Å². The average Bonchev–Trinajstić information content (AvgIpc) is 3.26. The first-order chi connectivity index (χ1) is 17.3. The molecule has 0 saturated carbocycles. The molecule has 0 aromatic carbocycles. The monoisotopic (exact) mass is 540 g/mol. The standard InChI is InChI=1S/C26H37ClN2O6S/c1-18-8-5-3-4-6-9-19(2)14-23(30)33-21-15-20(11-10-18)34-26(16-21,22-17-36-25(32)29-22)35-24(31)28-13-7-12-27/h3-5,8,14,18,20-22H,6-7,9-13,15-17H2,1-2H3,(H,28,31)(H,29,32)/b4-3+,8-5-,19-14-/t18-,20-,21-,22+,26-/m1/s1. The summed E-state index contributed by atoms with van der Waals surface area (Å²) in [6.07, 6.45) is 12.7. The molecule has 0 spiro atoms. The van der Waals surface area contributed by atoms with Crippen molar-refractivity contribution in [2.75, 3.05) is 18.2 Å². The fourth-order valence-corrected chi connectivity index (χ4v) is 5.54. The van der Waals surface area contributed by atoms with Gasteiger partial charge in [-0.1, -0.05) is 48.6 Å². The molecule has 2 N–H and O–H groups in total. The number of halogens is 1. The molecule has 0 unspecified atom stereocenters. The van der Waals surface area contributed by atoms with Crippen LogP contribution >= 0.6 is 23.4 Å². The zero-order chi connectivity index (χ0) is 26.0. The Kier molecular flexibility index (Phi) is 11.2. The van der Waals surface area contributed by atoms with Crippen LogP contribution in [0.4, 0.5) is 9.59 Å². The molecule has 3 heterocycles. The molecule has 36 heavy (non-hydrogen) atoms. The van der Waals surface area contributed by atoms with E-state index in [1.807, 2.05) is 13.0 Å². The van der Waals surface area contributed by atoms with Crippen molar-refractivity contribution in [2.24, 2.45) is 5.92 Å². The van der Waals surface area contributed by atoms with E-state index in [9.17, 15) is 14.4 Å². The molecule has 2 amide bonds. The van der Waals surface area contributed by atoms with Crippen LogP contribution in [0.25, 0.3) is 0 Å². The number of esters is 1. The number of allylic oxidation sites excluding steroid dienone is 5. The number of hydrogen-bond donors (Lipinski definition) is 2. The number of thioether (sulfide) groups is 1. The van der Waals surface area contributed by atoms with Gasteiger partial charge in [0.15, 0.2) is 0 Å². The normalized spacial score (nSPS) is 35.0. The van der Waals surface area contributed by atoms with Crippen LogP contribution in [0.2, 0.25) is 0 Å². The van der Waals surface area contributed by atoms with Gasteiger partial charge in [0.25, 0.3) is 5.24 Å². The first-order valence-electron chi connectivity index (χ1n) is 12.6. The average molecular weight is 541 g/mol. The molecule has 3 aliphatic heterocycles. The van der Waals surface area contributed by atoms with Crippen molar-refractivity contribution in [1.82, 2.24) is 10.6 Å². The Labute approximate surface area is 222 Å². The van der Waals surface area contributed by atoms with Crippen molar-refractivity contribution >= 4 is 40.7 Å². The third kappa shape index (κ3) is 8.85. The molecule has 2 fully saturated rings. The molecule has 200 valence electrons. The van der Waals surface area contributed by atoms with Crippen molar-refractivity contribution in [3.63, 3.8) is 0 Å². The van der Waals surface area contributed by atoms with Crippen LogP contribution in [-0.4, -0.2) is 59.5 Å². The highest BCUT2D eigenvalue weighted by molar-refractivity contribution is 8.14. The van der Waals surface area contributed by atoms with Gasteiger partial charge in [-0.3, -0.25) is 4.79 Å². The number of amides is 2. The lowest BCUT2D eigenvalue weighted by atomic mass is 9.90. The third-order valence-corrected chi connectivity index (χ3v) is 7.58. The first kappa shape index (κ1) is 28.6. The number of alkyl carbamates (subject to hydrolysis) is 1. The molecule has 2 bridgehead atoms. The fraction of sp³-hybridized carbons (Fsp3) is 0.654. The van der Waals surface area contributed by atoms with Crippen LogP contribution in [0.1, 0.15) is 58.8 Å². The summed E-state index contributed by atoms with van der Waals surface area (Å²) in [7, 11) is 0. The fourth-order valence-electron chi connectivity index (χ4n) is 4.53. The summed E-state index contributed by atoms with van der Waals surface area (Å²) in [5.74, 6) is -0.776. The maximum atomic E-state index is 12.7. The Morgan fingerprint density at radius 3 is 2.89 bits per heavy atom. The number of fused-ring (bicyclic) bond motifs is 2. The van der Waals surface area contributed by atoms with Gasteiger partial charge in [-0.15, -0.1) is 11.6 Å². The second-order valence-electron chi connectivity index (χ2n) is 9.60. The molecule has 0 aromatic rings. The minimum absolute atomic E-state index is 0.134. The number of ether oxygens (including phenoxy) is 3. The van der Waals surface area contributed by atoms with Crippen LogP contribution in [0.3, 0.4) is 0 Å². The van der Waals surface area contributed by atoms with Gasteiger partial charge in [0.1, 0.15) is 12.1 Å². The van der Waals surface area contributed by atoms with Crippen LogP contribution in [0, 0.1) is 5.92 Å². The van der Waals surface area contributed by atoms with Crippen LogP contribution in [0.5, 0.6) is 0 Å². The van der Waals surface area contributed by atoms with Crippen LogP contribution in [-0.2, 0) is 19.0 Å². The van der Waals surface area contributed by atoms with Gasteiger partial charge in [-0.05, 0) is 44.9 Å². The van der Waals surface area contributed by atoms with Crippen molar-refractivity contribution in [3.8, 4) is 0 Å². The van der Waals surface area contributed by atoms with Gasteiger partial charge in [0.2, 0.25) is 5.79 Å². The van der Waals surface area contributed by atoms with Crippen LogP contribution < -0.4 is 10.6 Å². The maximum Gasteiger partial charge on any atom is 0.409 e. The molecule has 5 atom stereocenters. The van der Waals surface area contributed by atoms with Crippen molar-refractivity contribution in [2.45, 2.75) is 82.8 Å².